The van der Waals surface area contributed by atoms with Crippen LogP contribution >= 0.6 is 11.6 Å². The Labute approximate surface area is 121 Å². The zero-order valence-corrected chi connectivity index (χ0v) is 12.5. The molecule has 1 aromatic carbocycles. The lowest BCUT2D eigenvalue weighted by Gasteiger charge is -2.18. The van der Waals surface area contributed by atoms with E-state index >= 15 is 0 Å². The van der Waals surface area contributed by atoms with Gasteiger partial charge in [0.2, 0.25) is 0 Å². The largest absolute Gasteiger partial charge is 0.492 e. The highest BCUT2D eigenvalue weighted by Gasteiger charge is 1.99. The predicted molar refractivity (Wildman–Crippen MR) is 81.9 cm³/mol. The molecule has 0 aromatic heterocycles. The Morgan fingerprint density at radius 1 is 1.26 bits per heavy atom. The number of nitrogens with zero attached hydrogens (tertiary/aromatic N) is 1. The molecular formula is C16H22ClNO. The third-order valence-electron chi connectivity index (χ3n) is 2.86. The van der Waals surface area contributed by atoms with Crippen molar-refractivity contribution >= 4 is 11.6 Å². The summed E-state index contributed by atoms with van der Waals surface area (Å²) < 4.78 is 5.75. The van der Waals surface area contributed by atoms with Crippen molar-refractivity contribution in [2.75, 3.05) is 32.1 Å². The first-order valence-electron chi connectivity index (χ1n) is 6.80. The molecule has 0 aliphatic rings. The predicted octanol–water partition coefficient (Wildman–Crippen LogP) is 3.39. The maximum absolute atomic E-state index is 5.75. The molecule has 0 saturated heterocycles. The van der Waals surface area contributed by atoms with Gasteiger partial charge in [0.05, 0.1) is 0 Å². The Morgan fingerprint density at radius 3 is 2.74 bits per heavy atom. The van der Waals surface area contributed by atoms with E-state index in [-0.39, 0.29) is 0 Å². The molecule has 0 heterocycles. The summed E-state index contributed by atoms with van der Waals surface area (Å²) in [6.07, 6.45) is 0.717. The van der Waals surface area contributed by atoms with Gasteiger partial charge in [0.15, 0.2) is 0 Å². The standard InChI is InChI=1S/C16H22ClNO/c1-3-18(4-2)12-13-19-16-10-7-9-15(14-16)8-5-6-11-17/h7,9-10,14H,3-4,6,11-13H2,1-2H3. The Morgan fingerprint density at radius 2 is 2.05 bits per heavy atom. The lowest BCUT2D eigenvalue weighted by Crippen LogP contribution is -2.27. The highest BCUT2D eigenvalue weighted by atomic mass is 35.5. The lowest BCUT2D eigenvalue weighted by atomic mass is 10.2. The van der Waals surface area contributed by atoms with Gasteiger partial charge in [-0.1, -0.05) is 31.8 Å². The molecule has 0 unspecified atom stereocenters. The van der Waals surface area contributed by atoms with E-state index in [4.69, 9.17) is 16.3 Å². The molecule has 0 amide bonds. The van der Waals surface area contributed by atoms with Crippen molar-refractivity contribution < 1.29 is 4.74 Å². The maximum Gasteiger partial charge on any atom is 0.120 e. The first kappa shape index (κ1) is 15.9. The van der Waals surface area contributed by atoms with Gasteiger partial charge < -0.3 is 9.64 Å². The summed E-state index contributed by atoms with van der Waals surface area (Å²) >= 11 is 5.59. The van der Waals surface area contributed by atoms with Gasteiger partial charge in [0.25, 0.3) is 0 Å². The third-order valence-corrected chi connectivity index (χ3v) is 3.05. The highest BCUT2D eigenvalue weighted by Crippen LogP contribution is 2.12. The van der Waals surface area contributed by atoms with Crippen molar-refractivity contribution in [3.8, 4) is 17.6 Å². The molecule has 0 atom stereocenters. The summed E-state index contributed by atoms with van der Waals surface area (Å²) in [4.78, 5) is 2.34. The number of hydrogen-bond acceptors (Lipinski definition) is 2. The first-order chi connectivity index (χ1) is 9.30. The molecule has 19 heavy (non-hydrogen) atoms. The van der Waals surface area contributed by atoms with E-state index in [0.717, 1.165) is 30.9 Å². The smallest absolute Gasteiger partial charge is 0.120 e. The second-order valence-electron chi connectivity index (χ2n) is 4.14. The minimum atomic E-state index is 0.576. The van der Waals surface area contributed by atoms with Crippen LogP contribution in [-0.2, 0) is 0 Å². The van der Waals surface area contributed by atoms with Gasteiger partial charge >= 0.3 is 0 Å². The van der Waals surface area contributed by atoms with Crippen LogP contribution in [0.5, 0.6) is 5.75 Å². The van der Waals surface area contributed by atoms with E-state index in [0.29, 0.717) is 18.9 Å². The van der Waals surface area contributed by atoms with E-state index in [2.05, 4.69) is 30.6 Å². The van der Waals surface area contributed by atoms with Crippen LogP contribution in [0.1, 0.15) is 25.8 Å². The van der Waals surface area contributed by atoms with E-state index in [1.54, 1.807) is 0 Å². The van der Waals surface area contributed by atoms with Crippen LogP contribution in [0.15, 0.2) is 24.3 Å². The van der Waals surface area contributed by atoms with Crippen molar-refractivity contribution in [3.05, 3.63) is 29.8 Å². The zero-order chi connectivity index (χ0) is 13.9. The summed E-state index contributed by atoms with van der Waals surface area (Å²) in [6.45, 7) is 8.11. The van der Waals surface area contributed by atoms with Gasteiger partial charge in [-0.05, 0) is 31.3 Å². The molecule has 2 nitrogen and oxygen atoms in total. The van der Waals surface area contributed by atoms with Crippen molar-refractivity contribution in [1.29, 1.82) is 0 Å². The number of alkyl halides is 1. The fourth-order valence-corrected chi connectivity index (χ4v) is 1.80. The van der Waals surface area contributed by atoms with Crippen LogP contribution in [0.4, 0.5) is 0 Å². The maximum atomic E-state index is 5.75. The Balaban J connectivity index is 2.46. The van der Waals surface area contributed by atoms with Gasteiger partial charge in [-0.15, -0.1) is 11.6 Å². The van der Waals surface area contributed by atoms with Crippen molar-refractivity contribution in [1.82, 2.24) is 4.90 Å². The van der Waals surface area contributed by atoms with Crippen molar-refractivity contribution in [2.24, 2.45) is 0 Å². The Kier molecular flexibility index (Phi) is 8.13. The first-order valence-corrected chi connectivity index (χ1v) is 7.33. The number of hydrogen-bond donors (Lipinski definition) is 0. The average Bonchev–Trinajstić information content (AvgIpc) is 2.44. The lowest BCUT2D eigenvalue weighted by molar-refractivity contribution is 0.223. The quantitative estimate of drug-likeness (QED) is 0.560. The van der Waals surface area contributed by atoms with Crippen LogP contribution in [0.2, 0.25) is 0 Å². The molecule has 0 aliphatic carbocycles. The van der Waals surface area contributed by atoms with Crippen molar-refractivity contribution in [3.63, 3.8) is 0 Å². The van der Waals surface area contributed by atoms with E-state index in [1.165, 1.54) is 0 Å². The molecule has 1 rings (SSSR count). The van der Waals surface area contributed by atoms with Gasteiger partial charge in [0.1, 0.15) is 12.4 Å². The monoisotopic (exact) mass is 279 g/mol. The number of ether oxygens (including phenoxy) is 1. The average molecular weight is 280 g/mol. The van der Waals surface area contributed by atoms with Crippen LogP contribution < -0.4 is 4.74 Å². The molecule has 3 heteroatoms. The van der Waals surface area contributed by atoms with Gasteiger partial charge in [0, 0.05) is 24.4 Å². The summed E-state index contributed by atoms with van der Waals surface area (Å²) in [6, 6.07) is 7.90. The molecule has 0 spiro atoms. The molecule has 0 saturated carbocycles. The Hall–Kier alpha value is -1.17. The number of rotatable bonds is 7. The molecule has 104 valence electrons. The highest BCUT2D eigenvalue weighted by molar-refractivity contribution is 6.18. The number of benzene rings is 1. The van der Waals surface area contributed by atoms with Gasteiger partial charge in [-0.3, -0.25) is 0 Å². The fraction of sp³-hybridized carbons (Fsp3) is 0.500. The summed E-state index contributed by atoms with van der Waals surface area (Å²) in [7, 11) is 0. The normalized spacial score (nSPS) is 10.1. The molecule has 0 bridgehead atoms. The molecule has 0 N–H and O–H groups in total. The summed E-state index contributed by atoms with van der Waals surface area (Å²) in [5.41, 5.74) is 0.977. The van der Waals surface area contributed by atoms with Gasteiger partial charge in [-0.2, -0.15) is 0 Å². The molecule has 0 aliphatic heterocycles. The van der Waals surface area contributed by atoms with E-state index in [9.17, 15) is 0 Å². The number of halogens is 1. The molecular weight excluding hydrogens is 258 g/mol. The van der Waals surface area contributed by atoms with Crippen LogP contribution in [0.25, 0.3) is 0 Å². The Bertz CT molecular complexity index is 418. The SMILES string of the molecule is CCN(CC)CCOc1cccc(C#CCCCl)c1. The minimum absolute atomic E-state index is 0.576. The number of likely N-dealkylation sites (N-methyl/N-ethyl adjacent to an activating group) is 1. The second-order valence-corrected chi connectivity index (χ2v) is 4.52. The summed E-state index contributed by atoms with van der Waals surface area (Å²) in [5, 5.41) is 0. The van der Waals surface area contributed by atoms with E-state index in [1.807, 2.05) is 24.3 Å². The van der Waals surface area contributed by atoms with E-state index < -0.39 is 0 Å². The van der Waals surface area contributed by atoms with Crippen molar-refractivity contribution in [2.45, 2.75) is 20.3 Å². The summed E-state index contributed by atoms with van der Waals surface area (Å²) in [5.74, 6) is 7.56. The minimum Gasteiger partial charge on any atom is -0.492 e. The second kappa shape index (κ2) is 9.72. The molecule has 1 aromatic rings. The van der Waals surface area contributed by atoms with Gasteiger partial charge in [-0.25, -0.2) is 0 Å². The van der Waals surface area contributed by atoms with Crippen LogP contribution in [-0.4, -0.2) is 37.0 Å². The van der Waals surface area contributed by atoms with Crippen LogP contribution in [0, 0.1) is 11.8 Å². The third kappa shape index (κ3) is 6.52. The topological polar surface area (TPSA) is 12.5 Å². The fourth-order valence-electron chi connectivity index (χ4n) is 1.71. The molecule has 0 radical (unpaired) electrons. The molecule has 0 fully saturated rings. The van der Waals surface area contributed by atoms with Crippen LogP contribution in [0.3, 0.4) is 0 Å². The zero-order valence-electron chi connectivity index (χ0n) is 11.8.